The van der Waals surface area contributed by atoms with Crippen molar-refractivity contribution in [3.63, 3.8) is 0 Å². The summed E-state index contributed by atoms with van der Waals surface area (Å²) in [5.41, 5.74) is 4.02. The van der Waals surface area contributed by atoms with Crippen molar-refractivity contribution in [2.24, 2.45) is 12.0 Å². The number of aromatic nitrogens is 2. The van der Waals surface area contributed by atoms with Crippen molar-refractivity contribution in [1.29, 1.82) is 0 Å². The van der Waals surface area contributed by atoms with E-state index in [1.165, 1.54) is 6.92 Å². The number of aliphatic imine (C=N–C) groups is 1. The minimum absolute atomic E-state index is 0.0316. The summed E-state index contributed by atoms with van der Waals surface area (Å²) in [4.78, 5) is 16.0. The fourth-order valence-corrected chi connectivity index (χ4v) is 3.36. The molecule has 0 amide bonds. The van der Waals surface area contributed by atoms with Gasteiger partial charge in [0, 0.05) is 25.8 Å². The summed E-state index contributed by atoms with van der Waals surface area (Å²) in [7, 11) is 1.74. The summed E-state index contributed by atoms with van der Waals surface area (Å²) in [5.74, 6) is 0.352. The molecule has 0 bridgehead atoms. The van der Waals surface area contributed by atoms with Crippen molar-refractivity contribution < 1.29 is 32.2 Å². The predicted octanol–water partition coefficient (Wildman–Crippen LogP) is 5.43. The van der Waals surface area contributed by atoms with Crippen LogP contribution in [-0.4, -0.2) is 47.3 Å². The lowest BCUT2D eigenvalue weighted by Gasteiger charge is -2.22. The van der Waals surface area contributed by atoms with Gasteiger partial charge in [0.15, 0.2) is 12.4 Å². The molecule has 0 saturated carbocycles. The number of nitrogens with zero attached hydrogens (tertiary/aromatic N) is 3. The molecular formula is C24H28F3N3O4. The average molecular weight is 479 g/mol. The summed E-state index contributed by atoms with van der Waals surface area (Å²) in [6.07, 6.45) is -5.63. The monoisotopic (exact) mass is 479 g/mol. The number of rotatable bonds is 7. The predicted molar refractivity (Wildman–Crippen MR) is 121 cm³/mol. The van der Waals surface area contributed by atoms with Crippen LogP contribution in [0.25, 0.3) is 11.3 Å². The highest BCUT2D eigenvalue weighted by molar-refractivity contribution is 6.03. The molecule has 3 rings (SSSR count). The van der Waals surface area contributed by atoms with E-state index in [2.05, 4.69) is 35.6 Å². The Morgan fingerprint density at radius 1 is 1.15 bits per heavy atom. The van der Waals surface area contributed by atoms with E-state index >= 15 is 0 Å². The molecule has 0 fully saturated rings. The summed E-state index contributed by atoms with van der Waals surface area (Å²) in [6, 6.07) is 9.53. The van der Waals surface area contributed by atoms with Gasteiger partial charge in [-0.3, -0.25) is 9.67 Å². The second-order valence-electron chi connectivity index (χ2n) is 9.06. The number of alkyl halides is 3. The number of carbonyl (C=O) groups excluding carboxylic acids is 1. The van der Waals surface area contributed by atoms with E-state index in [9.17, 15) is 18.0 Å². The van der Waals surface area contributed by atoms with E-state index in [0.29, 0.717) is 11.5 Å². The third kappa shape index (κ3) is 6.61. The zero-order valence-corrected chi connectivity index (χ0v) is 19.9. The molecule has 2 atom stereocenters. The highest BCUT2D eigenvalue weighted by Crippen LogP contribution is 2.36. The number of benzene rings is 1. The molecule has 10 heteroatoms. The number of halogens is 3. The number of hydrogen-bond donors (Lipinski definition) is 0. The molecule has 34 heavy (non-hydrogen) atoms. The summed E-state index contributed by atoms with van der Waals surface area (Å²) < 4.78 is 53.6. The first kappa shape index (κ1) is 25.3. The lowest BCUT2D eigenvalue weighted by atomic mass is 9.86. The summed E-state index contributed by atoms with van der Waals surface area (Å²) >= 11 is 0. The Bertz CT molecular complexity index is 1090. The van der Waals surface area contributed by atoms with Crippen LogP contribution in [0.4, 0.5) is 18.0 Å². The van der Waals surface area contributed by atoms with E-state index in [1.54, 1.807) is 24.0 Å². The maximum Gasteiger partial charge on any atom is 0.511 e. The smallest absolute Gasteiger partial charge is 0.452 e. The third-order valence-electron chi connectivity index (χ3n) is 5.03. The zero-order chi connectivity index (χ0) is 25.3. The molecule has 1 aliphatic rings. The Balaban J connectivity index is 1.96. The van der Waals surface area contributed by atoms with Crippen LogP contribution in [0.2, 0.25) is 0 Å². The Morgan fingerprint density at radius 3 is 2.24 bits per heavy atom. The molecule has 1 aliphatic heterocycles. The Morgan fingerprint density at radius 2 is 1.76 bits per heavy atom. The zero-order valence-electron chi connectivity index (χ0n) is 19.9. The van der Waals surface area contributed by atoms with Crippen molar-refractivity contribution in [3.05, 3.63) is 52.8 Å². The van der Waals surface area contributed by atoms with Crippen LogP contribution in [0.15, 0.2) is 35.3 Å². The van der Waals surface area contributed by atoms with Crippen LogP contribution in [0.1, 0.15) is 50.2 Å². The molecule has 7 nitrogen and oxygen atoms in total. The third-order valence-corrected chi connectivity index (χ3v) is 5.03. The van der Waals surface area contributed by atoms with Crippen LogP contribution >= 0.6 is 0 Å². The molecule has 2 heterocycles. The molecule has 0 spiro atoms. The topological polar surface area (TPSA) is 74.9 Å². The van der Waals surface area contributed by atoms with Crippen molar-refractivity contribution in [1.82, 2.24) is 9.78 Å². The molecule has 2 unspecified atom stereocenters. The lowest BCUT2D eigenvalue weighted by Crippen LogP contribution is -2.24. The molecule has 1 aromatic heterocycles. The van der Waals surface area contributed by atoms with Gasteiger partial charge in [0.2, 0.25) is 6.29 Å². The largest absolute Gasteiger partial charge is 0.511 e. The van der Waals surface area contributed by atoms with Crippen molar-refractivity contribution >= 4 is 23.7 Å². The lowest BCUT2D eigenvalue weighted by molar-refractivity contribution is -0.171. The first-order valence-electron chi connectivity index (χ1n) is 10.7. The quantitative estimate of drug-likeness (QED) is 0.301. The molecule has 1 aromatic carbocycles. The van der Waals surface area contributed by atoms with E-state index in [1.807, 2.05) is 31.2 Å². The minimum Gasteiger partial charge on any atom is -0.452 e. The van der Waals surface area contributed by atoms with E-state index in [4.69, 9.17) is 9.47 Å². The minimum atomic E-state index is -4.66. The Hall–Kier alpha value is -3.30. The second-order valence-corrected chi connectivity index (χ2v) is 9.06. The first-order valence-corrected chi connectivity index (χ1v) is 10.7. The molecule has 0 saturated heterocycles. The van der Waals surface area contributed by atoms with Crippen molar-refractivity contribution in [2.75, 3.05) is 6.61 Å². The van der Waals surface area contributed by atoms with Gasteiger partial charge in [-0.15, -0.1) is 0 Å². The second kappa shape index (κ2) is 9.52. The molecule has 2 aromatic rings. The fourth-order valence-electron chi connectivity index (χ4n) is 3.36. The highest BCUT2D eigenvalue weighted by Gasteiger charge is 2.32. The molecular weight excluding hydrogens is 451 g/mol. The molecule has 0 radical (unpaired) electrons. The van der Waals surface area contributed by atoms with E-state index < -0.39 is 25.2 Å². The van der Waals surface area contributed by atoms with Crippen LogP contribution in [0.5, 0.6) is 0 Å². The van der Waals surface area contributed by atoms with Gasteiger partial charge < -0.3 is 14.2 Å². The summed E-state index contributed by atoms with van der Waals surface area (Å²) in [6.45, 7) is 7.82. The SMILES string of the molecule is Cc1cc(/C(OC(C)OC(=O)OCC(F)(F)F)=C(/c2ccc(C(C)(C)C)cc2)C2C=N2)n(C)n1. The number of aryl methyl sites for hydroxylation is 2. The first-order chi connectivity index (χ1) is 15.7. The molecule has 184 valence electrons. The molecule has 0 aliphatic carbocycles. The van der Waals surface area contributed by atoms with Crippen LogP contribution in [-0.2, 0) is 26.7 Å². The maximum absolute atomic E-state index is 12.3. The fraction of sp³-hybridized carbons (Fsp3) is 0.458. The number of hydrogen-bond acceptors (Lipinski definition) is 6. The summed E-state index contributed by atoms with van der Waals surface area (Å²) in [5, 5.41) is 4.36. The molecule has 0 N–H and O–H groups in total. The van der Waals surface area contributed by atoms with Gasteiger partial charge in [-0.2, -0.15) is 18.3 Å². The highest BCUT2D eigenvalue weighted by atomic mass is 19.4. The average Bonchev–Trinajstić information content (AvgIpc) is 3.48. The van der Waals surface area contributed by atoms with Gasteiger partial charge in [0.25, 0.3) is 0 Å². The van der Waals surface area contributed by atoms with Crippen LogP contribution in [0.3, 0.4) is 0 Å². The standard InChI is InChI=1S/C24H28F3N3O4/c1-14-11-19(30(6)29-14)21(33-15(2)34-22(31)32-13-24(25,26)27)20(18-12-28-18)16-7-9-17(10-8-16)23(3,4)5/h7-12,15,18H,13H2,1-6H3/b21-20+. The van der Waals surface area contributed by atoms with E-state index in [0.717, 1.165) is 22.4 Å². The number of ether oxygens (including phenoxy) is 3. The normalized spacial score (nSPS) is 17.1. The van der Waals surface area contributed by atoms with Crippen molar-refractivity contribution in [2.45, 2.75) is 58.5 Å². The van der Waals surface area contributed by atoms with Gasteiger partial charge in [0.05, 0.1) is 5.69 Å². The maximum atomic E-state index is 12.3. The van der Waals surface area contributed by atoms with Gasteiger partial charge in [-0.05, 0) is 29.5 Å². The number of carbonyl (C=O) groups is 1. The van der Waals surface area contributed by atoms with Gasteiger partial charge in [0.1, 0.15) is 11.7 Å². The Labute approximate surface area is 196 Å². The van der Waals surface area contributed by atoms with Crippen molar-refractivity contribution in [3.8, 4) is 0 Å². The van der Waals surface area contributed by atoms with Gasteiger partial charge in [-0.25, -0.2) is 4.79 Å². The van der Waals surface area contributed by atoms with Crippen LogP contribution < -0.4 is 0 Å². The van der Waals surface area contributed by atoms with E-state index in [-0.39, 0.29) is 11.5 Å². The van der Waals surface area contributed by atoms with Crippen LogP contribution in [0, 0.1) is 6.92 Å². The Kier molecular flexibility index (Phi) is 7.09. The van der Waals surface area contributed by atoms with Gasteiger partial charge >= 0.3 is 12.3 Å². The van der Waals surface area contributed by atoms with Gasteiger partial charge in [-0.1, -0.05) is 45.0 Å².